The van der Waals surface area contributed by atoms with Gasteiger partial charge in [0.1, 0.15) is 11.5 Å². The summed E-state index contributed by atoms with van der Waals surface area (Å²) in [5, 5.41) is 7.01. The van der Waals surface area contributed by atoms with Crippen LogP contribution in [0.25, 0.3) is 22.0 Å². The van der Waals surface area contributed by atoms with E-state index in [9.17, 15) is 9.59 Å². The molecule has 1 aromatic heterocycles. The lowest BCUT2D eigenvalue weighted by molar-refractivity contribution is -0.122. The highest BCUT2D eigenvalue weighted by molar-refractivity contribution is 6.50. The number of amides is 2. The molecule has 4 heterocycles. The van der Waals surface area contributed by atoms with Gasteiger partial charge in [-0.2, -0.15) is 0 Å². The molecule has 1 unspecified atom stereocenters. The van der Waals surface area contributed by atoms with Gasteiger partial charge in [-0.05, 0) is 36.6 Å². The molecule has 2 N–H and O–H groups in total. The van der Waals surface area contributed by atoms with Crippen molar-refractivity contribution in [2.45, 2.75) is 32.7 Å². The van der Waals surface area contributed by atoms with Crippen molar-refractivity contribution in [1.29, 1.82) is 0 Å². The van der Waals surface area contributed by atoms with Crippen LogP contribution in [0.4, 0.5) is 0 Å². The molecule has 0 spiro atoms. The topological polar surface area (TPSA) is 81.6 Å². The molecule has 7 nitrogen and oxygen atoms in total. The van der Waals surface area contributed by atoms with Gasteiger partial charge in [-0.25, -0.2) is 0 Å². The standard InChI is InChI=1S/C28H29N3O4.ClH/c1-28(2)15-29-12-10-22(28)31-14-19(16-6-4-5-7-20(16)31)24-23(26(32)30-27(24)33)18-8-9-21(34-3)17-11-13-35-25(17)18;/h4-9,14,22,29H,10-13,15H2,1-3H3,(H,30,32,33);1H. The van der Waals surface area contributed by atoms with Crippen molar-refractivity contribution in [2.24, 2.45) is 5.41 Å². The SMILES string of the molecule is COc1ccc(C2=C(c3cn(C4CCNCC4(C)C)c4ccccc34)C(=O)NC2=O)c2c1CCO2.Cl. The Morgan fingerprint density at radius 3 is 2.56 bits per heavy atom. The van der Waals surface area contributed by atoms with Crippen molar-refractivity contribution in [2.75, 3.05) is 26.8 Å². The molecule has 6 rings (SSSR count). The number of aromatic nitrogens is 1. The normalized spacial score (nSPS) is 20.7. The molecule has 8 heteroatoms. The molecule has 0 radical (unpaired) electrons. The monoisotopic (exact) mass is 507 g/mol. The van der Waals surface area contributed by atoms with E-state index in [2.05, 4.69) is 41.3 Å². The van der Waals surface area contributed by atoms with Gasteiger partial charge in [0, 0.05) is 52.8 Å². The van der Waals surface area contributed by atoms with Crippen LogP contribution in [0.1, 0.15) is 43.0 Å². The molecule has 0 aliphatic carbocycles. The van der Waals surface area contributed by atoms with Crippen LogP contribution in [-0.2, 0) is 16.0 Å². The van der Waals surface area contributed by atoms with Crippen LogP contribution in [0.3, 0.4) is 0 Å². The second-order valence-electron chi connectivity index (χ2n) is 10.2. The first-order valence-corrected chi connectivity index (χ1v) is 12.1. The Kier molecular flexibility index (Phi) is 6.09. The second kappa shape index (κ2) is 8.98. The van der Waals surface area contributed by atoms with Crippen LogP contribution >= 0.6 is 12.4 Å². The Bertz CT molecular complexity index is 1420. The predicted octanol–water partition coefficient (Wildman–Crippen LogP) is 4.13. The first-order chi connectivity index (χ1) is 16.9. The molecule has 3 aromatic rings. The van der Waals surface area contributed by atoms with Crippen molar-refractivity contribution in [3.05, 3.63) is 59.3 Å². The largest absolute Gasteiger partial charge is 0.496 e. The van der Waals surface area contributed by atoms with Gasteiger partial charge in [-0.15, -0.1) is 12.4 Å². The number of carbonyl (C=O) groups is 2. The molecule has 3 aliphatic heterocycles. The van der Waals surface area contributed by atoms with Crippen molar-refractivity contribution in [3.63, 3.8) is 0 Å². The number of carbonyl (C=O) groups excluding carboxylic acids is 2. The van der Waals surface area contributed by atoms with Crippen molar-refractivity contribution < 1.29 is 19.1 Å². The number of nitrogens with zero attached hydrogens (tertiary/aromatic N) is 1. The van der Waals surface area contributed by atoms with Gasteiger partial charge in [0.2, 0.25) is 0 Å². The highest BCUT2D eigenvalue weighted by atomic mass is 35.5. The van der Waals surface area contributed by atoms with E-state index in [1.54, 1.807) is 7.11 Å². The summed E-state index contributed by atoms with van der Waals surface area (Å²) in [6, 6.07) is 12.1. The van der Waals surface area contributed by atoms with Crippen molar-refractivity contribution >= 4 is 46.3 Å². The number of benzene rings is 2. The molecular weight excluding hydrogens is 478 g/mol. The van der Waals surface area contributed by atoms with Gasteiger partial charge in [-0.1, -0.05) is 32.0 Å². The maximum atomic E-state index is 13.3. The third-order valence-corrected chi connectivity index (χ3v) is 7.66. The minimum absolute atomic E-state index is 0. The number of halogens is 1. The first kappa shape index (κ1) is 24.4. The van der Waals surface area contributed by atoms with Gasteiger partial charge >= 0.3 is 0 Å². The highest BCUT2D eigenvalue weighted by Gasteiger charge is 2.39. The summed E-state index contributed by atoms with van der Waals surface area (Å²) in [4.78, 5) is 26.5. The Balaban J connectivity index is 0.00000267. The summed E-state index contributed by atoms with van der Waals surface area (Å²) in [6.07, 6.45) is 3.76. The molecule has 1 saturated heterocycles. The van der Waals surface area contributed by atoms with E-state index in [4.69, 9.17) is 9.47 Å². The molecule has 1 atom stereocenters. The maximum Gasteiger partial charge on any atom is 0.259 e. The average molecular weight is 508 g/mol. The van der Waals surface area contributed by atoms with Gasteiger partial charge in [0.05, 0.1) is 24.9 Å². The summed E-state index contributed by atoms with van der Waals surface area (Å²) in [5.41, 5.74) is 4.21. The third kappa shape index (κ3) is 3.61. The number of hydrogen-bond donors (Lipinski definition) is 2. The summed E-state index contributed by atoms with van der Waals surface area (Å²) in [7, 11) is 1.63. The van der Waals surface area contributed by atoms with Crippen LogP contribution in [-0.4, -0.2) is 43.2 Å². The number of methoxy groups -OCH3 is 1. The number of rotatable bonds is 4. The van der Waals surface area contributed by atoms with Crippen LogP contribution in [0.15, 0.2) is 42.6 Å². The van der Waals surface area contributed by atoms with E-state index in [0.717, 1.165) is 47.3 Å². The minimum Gasteiger partial charge on any atom is -0.496 e. The highest BCUT2D eigenvalue weighted by Crippen LogP contribution is 2.45. The molecule has 1 fully saturated rings. The zero-order valence-electron chi connectivity index (χ0n) is 20.6. The number of fused-ring (bicyclic) bond motifs is 2. The molecular formula is C28H30ClN3O4. The van der Waals surface area contributed by atoms with E-state index in [-0.39, 0.29) is 29.8 Å². The van der Waals surface area contributed by atoms with Crippen molar-refractivity contribution in [1.82, 2.24) is 15.2 Å². The number of imide groups is 1. The van der Waals surface area contributed by atoms with E-state index in [0.29, 0.717) is 35.5 Å². The van der Waals surface area contributed by atoms with E-state index in [1.165, 1.54) is 0 Å². The quantitative estimate of drug-likeness (QED) is 0.519. The van der Waals surface area contributed by atoms with Crippen LogP contribution < -0.4 is 20.1 Å². The Morgan fingerprint density at radius 2 is 1.81 bits per heavy atom. The smallest absolute Gasteiger partial charge is 0.259 e. The number of hydrogen-bond acceptors (Lipinski definition) is 5. The third-order valence-electron chi connectivity index (χ3n) is 7.66. The van der Waals surface area contributed by atoms with E-state index >= 15 is 0 Å². The minimum atomic E-state index is -0.396. The Hall–Kier alpha value is -3.29. The molecule has 0 saturated carbocycles. The number of ether oxygens (including phenoxy) is 2. The van der Waals surface area contributed by atoms with Gasteiger partial charge in [0.25, 0.3) is 11.8 Å². The summed E-state index contributed by atoms with van der Waals surface area (Å²) >= 11 is 0. The molecule has 188 valence electrons. The first-order valence-electron chi connectivity index (χ1n) is 12.1. The van der Waals surface area contributed by atoms with Crippen molar-refractivity contribution in [3.8, 4) is 11.5 Å². The number of para-hydroxylation sites is 1. The Labute approximate surface area is 216 Å². The van der Waals surface area contributed by atoms with Crippen LogP contribution in [0.5, 0.6) is 11.5 Å². The molecule has 0 bridgehead atoms. The molecule has 2 amide bonds. The molecule has 2 aromatic carbocycles. The van der Waals surface area contributed by atoms with Gasteiger partial charge in [0.15, 0.2) is 0 Å². The average Bonchev–Trinajstić information content (AvgIpc) is 3.54. The zero-order valence-corrected chi connectivity index (χ0v) is 21.5. The second-order valence-corrected chi connectivity index (χ2v) is 10.2. The lowest BCUT2D eigenvalue weighted by Gasteiger charge is -2.40. The fraction of sp³-hybridized carbons (Fsp3) is 0.357. The Morgan fingerprint density at radius 1 is 1.06 bits per heavy atom. The summed E-state index contributed by atoms with van der Waals surface area (Å²) in [5.74, 6) is 0.592. The summed E-state index contributed by atoms with van der Waals surface area (Å²) < 4.78 is 13.8. The fourth-order valence-corrected chi connectivity index (χ4v) is 5.96. The molecule has 3 aliphatic rings. The lowest BCUT2D eigenvalue weighted by atomic mass is 9.80. The lowest BCUT2D eigenvalue weighted by Crippen LogP contribution is -2.43. The molecule has 36 heavy (non-hydrogen) atoms. The zero-order chi connectivity index (χ0) is 24.3. The van der Waals surface area contributed by atoms with Gasteiger partial charge < -0.3 is 19.4 Å². The van der Waals surface area contributed by atoms with Crippen LogP contribution in [0, 0.1) is 5.41 Å². The predicted molar refractivity (Wildman–Crippen MR) is 142 cm³/mol. The number of piperidine rings is 1. The fourth-order valence-electron chi connectivity index (χ4n) is 5.96. The van der Waals surface area contributed by atoms with Gasteiger partial charge in [-0.3, -0.25) is 14.9 Å². The van der Waals surface area contributed by atoms with E-state index in [1.807, 2.05) is 30.3 Å². The van der Waals surface area contributed by atoms with Crippen LogP contribution in [0.2, 0.25) is 0 Å². The number of nitrogens with one attached hydrogen (secondary N) is 2. The maximum absolute atomic E-state index is 13.3. The summed E-state index contributed by atoms with van der Waals surface area (Å²) in [6.45, 7) is 6.92. The van der Waals surface area contributed by atoms with E-state index < -0.39 is 5.91 Å².